The molecule has 2 N–H and O–H groups in total. The Morgan fingerprint density at radius 1 is 1.55 bits per heavy atom. The molecule has 0 aromatic carbocycles. The van der Waals surface area contributed by atoms with Crippen LogP contribution in [0.4, 0.5) is 5.69 Å². The van der Waals surface area contributed by atoms with Crippen LogP contribution in [0.15, 0.2) is 30.7 Å². The minimum Gasteiger partial charge on any atom is -0.391 e. The van der Waals surface area contributed by atoms with E-state index in [1.807, 2.05) is 19.2 Å². The Hall–Kier alpha value is -2.39. The van der Waals surface area contributed by atoms with E-state index in [9.17, 15) is 5.11 Å². The van der Waals surface area contributed by atoms with Gasteiger partial charge < -0.3 is 10.4 Å². The third kappa shape index (κ3) is 2.12. The molecule has 1 aliphatic carbocycles. The first-order chi connectivity index (χ1) is 9.69. The van der Waals surface area contributed by atoms with Crippen molar-refractivity contribution in [3.05, 3.63) is 42.0 Å². The van der Waals surface area contributed by atoms with Crippen molar-refractivity contribution >= 4 is 5.69 Å². The van der Waals surface area contributed by atoms with E-state index in [2.05, 4.69) is 21.5 Å². The highest BCUT2D eigenvalue weighted by Gasteiger charge is 2.42. The number of aryl methyl sites for hydroxylation is 1. The van der Waals surface area contributed by atoms with Crippen molar-refractivity contribution in [1.29, 1.82) is 5.26 Å². The van der Waals surface area contributed by atoms with E-state index < -0.39 is 6.10 Å². The van der Waals surface area contributed by atoms with Crippen LogP contribution < -0.4 is 5.32 Å². The van der Waals surface area contributed by atoms with Crippen LogP contribution in [-0.2, 0) is 0 Å². The van der Waals surface area contributed by atoms with E-state index >= 15 is 0 Å². The first-order valence-electron chi connectivity index (χ1n) is 6.49. The van der Waals surface area contributed by atoms with Gasteiger partial charge in [0.25, 0.3) is 0 Å². The van der Waals surface area contributed by atoms with Gasteiger partial charge in [-0.15, -0.1) is 0 Å². The van der Waals surface area contributed by atoms with Crippen molar-refractivity contribution in [2.24, 2.45) is 0 Å². The lowest BCUT2D eigenvalue weighted by Crippen LogP contribution is -2.51. The number of aliphatic hydroxyl groups excluding tert-OH is 1. The molecule has 0 saturated heterocycles. The lowest BCUT2D eigenvalue weighted by molar-refractivity contribution is 0.0134. The molecule has 1 saturated carbocycles. The van der Waals surface area contributed by atoms with Crippen LogP contribution in [0.1, 0.15) is 23.7 Å². The number of pyridine rings is 1. The first-order valence-corrected chi connectivity index (χ1v) is 6.49. The van der Waals surface area contributed by atoms with E-state index in [0.29, 0.717) is 17.8 Å². The molecule has 0 amide bonds. The van der Waals surface area contributed by atoms with Crippen LogP contribution in [0.2, 0.25) is 0 Å². The van der Waals surface area contributed by atoms with Gasteiger partial charge in [-0.1, -0.05) is 0 Å². The molecule has 3 atom stereocenters. The van der Waals surface area contributed by atoms with Gasteiger partial charge in [0, 0.05) is 12.4 Å². The van der Waals surface area contributed by atoms with Crippen LogP contribution in [-0.4, -0.2) is 32.0 Å². The Labute approximate surface area is 116 Å². The van der Waals surface area contributed by atoms with Gasteiger partial charge in [0.2, 0.25) is 0 Å². The second-order valence-corrected chi connectivity index (χ2v) is 5.05. The summed E-state index contributed by atoms with van der Waals surface area (Å²) in [6.07, 6.45) is 5.48. The van der Waals surface area contributed by atoms with E-state index in [0.717, 1.165) is 5.56 Å². The third-order valence-electron chi connectivity index (χ3n) is 3.59. The second-order valence-electron chi connectivity index (χ2n) is 5.05. The number of nitriles is 1. The number of nitrogens with one attached hydrogen (secondary N) is 1. The van der Waals surface area contributed by atoms with E-state index in [1.165, 1.54) is 0 Å². The summed E-state index contributed by atoms with van der Waals surface area (Å²) in [7, 11) is 0. The molecule has 6 nitrogen and oxygen atoms in total. The molecule has 0 unspecified atom stereocenters. The summed E-state index contributed by atoms with van der Waals surface area (Å²) >= 11 is 0. The van der Waals surface area contributed by atoms with Crippen LogP contribution in [0.3, 0.4) is 0 Å². The largest absolute Gasteiger partial charge is 0.391 e. The Morgan fingerprint density at radius 2 is 2.40 bits per heavy atom. The average Bonchev–Trinajstić information content (AvgIpc) is 2.84. The predicted octanol–water partition coefficient (Wildman–Crippen LogP) is 1.24. The van der Waals surface area contributed by atoms with E-state index in [4.69, 9.17) is 5.26 Å². The normalized spacial score (nSPS) is 24.8. The second kappa shape index (κ2) is 4.94. The fourth-order valence-electron chi connectivity index (χ4n) is 2.52. The minimum absolute atomic E-state index is 0.0422. The lowest BCUT2D eigenvalue weighted by Gasteiger charge is -2.42. The van der Waals surface area contributed by atoms with Gasteiger partial charge in [0.15, 0.2) is 5.69 Å². The maximum absolute atomic E-state index is 9.96. The predicted molar refractivity (Wildman–Crippen MR) is 73.0 cm³/mol. The molecule has 1 fully saturated rings. The highest BCUT2D eigenvalue weighted by molar-refractivity contribution is 5.54. The molecule has 6 heteroatoms. The highest BCUT2D eigenvalue weighted by Crippen LogP contribution is 2.35. The zero-order valence-electron chi connectivity index (χ0n) is 11.1. The molecule has 2 heterocycles. The van der Waals surface area contributed by atoms with Crippen molar-refractivity contribution in [2.75, 3.05) is 5.32 Å². The minimum atomic E-state index is -0.422. The van der Waals surface area contributed by atoms with Crippen molar-refractivity contribution in [3.63, 3.8) is 0 Å². The smallest absolute Gasteiger partial charge is 0.163 e. The highest BCUT2D eigenvalue weighted by atomic mass is 16.3. The molecule has 0 radical (unpaired) electrons. The van der Waals surface area contributed by atoms with Crippen molar-refractivity contribution in [1.82, 2.24) is 14.8 Å². The van der Waals surface area contributed by atoms with Crippen molar-refractivity contribution in [3.8, 4) is 6.07 Å². The summed E-state index contributed by atoms with van der Waals surface area (Å²) in [5, 5.41) is 26.5. The molecule has 2 aromatic rings. The fraction of sp³-hybridized carbons (Fsp3) is 0.357. The lowest BCUT2D eigenvalue weighted by atomic mass is 9.83. The summed E-state index contributed by atoms with van der Waals surface area (Å²) in [6, 6.07) is 5.59. The van der Waals surface area contributed by atoms with Gasteiger partial charge in [-0.2, -0.15) is 10.4 Å². The maximum Gasteiger partial charge on any atom is 0.163 e. The Balaban J connectivity index is 1.80. The van der Waals surface area contributed by atoms with Gasteiger partial charge >= 0.3 is 0 Å². The SMILES string of the molecule is Cc1cnn([C@H]2[C@H](O)C[C@@H]2Nc2cccnc2C#N)c1. The first kappa shape index (κ1) is 12.6. The summed E-state index contributed by atoms with van der Waals surface area (Å²) in [5.74, 6) is 0. The van der Waals surface area contributed by atoms with Crippen LogP contribution in [0.25, 0.3) is 0 Å². The number of hydrogen-bond acceptors (Lipinski definition) is 5. The average molecular weight is 269 g/mol. The molecule has 0 aliphatic heterocycles. The molecule has 102 valence electrons. The van der Waals surface area contributed by atoms with Gasteiger partial charge in [-0.25, -0.2) is 4.98 Å². The third-order valence-corrected chi connectivity index (χ3v) is 3.59. The van der Waals surface area contributed by atoms with E-state index in [-0.39, 0.29) is 12.1 Å². The molecule has 0 spiro atoms. The van der Waals surface area contributed by atoms with Gasteiger partial charge in [-0.05, 0) is 31.0 Å². The number of anilines is 1. The van der Waals surface area contributed by atoms with Crippen LogP contribution >= 0.6 is 0 Å². The monoisotopic (exact) mass is 269 g/mol. The van der Waals surface area contributed by atoms with Crippen molar-refractivity contribution < 1.29 is 5.11 Å². The Kier molecular flexibility index (Phi) is 3.12. The number of aliphatic hydroxyl groups is 1. The summed E-state index contributed by atoms with van der Waals surface area (Å²) < 4.78 is 1.78. The molecule has 3 rings (SSSR count). The number of aromatic nitrogens is 3. The van der Waals surface area contributed by atoms with Crippen LogP contribution in [0.5, 0.6) is 0 Å². The number of rotatable bonds is 3. The zero-order chi connectivity index (χ0) is 14.1. The molecular formula is C14H15N5O. The zero-order valence-corrected chi connectivity index (χ0v) is 11.1. The molecule has 0 bridgehead atoms. The van der Waals surface area contributed by atoms with Gasteiger partial charge in [-0.3, -0.25) is 4.68 Å². The van der Waals surface area contributed by atoms with Crippen molar-refractivity contribution in [2.45, 2.75) is 31.5 Å². The summed E-state index contributed by atoms with van der Waals surface area (Å²) in [4.78, 5) is 4.02. The summed E-state index contributed by atoms with van der Waals surface area (Å²) in [6.45, 7) is 1.96. The number of nitrogens with zero attached hydrogens (tertiary/aromatic N) is 4. The Bertz CT molecular complexity index is 660. The molecule has 2 aromatic heterocycles. The standard InChI is InChI=1S/C14H15N5O/c1-9-7-17-19(8-9)14-11(5-13(14)20)18-10-3-2-4-16-12(10)6-15/h2-4,7-8,11,13-14,18,20H,5H2,1H3/t11-,13+,14+/m0/s1. The fourth-order valence-corrected chi connectivity index (χ4v) is 2.52. The van der Waals surface area contributed by atoms with Gasteiger partial charge in [0.1, 0.15) is 6.07 Å². The topological polar surface area (TPSA) is 86.8 Å². The molecule has 1 aliphatic rings. The number of hydrogen-bond donors (Lipinski definition) is 2. The molecular weight excluding hydrogens is 254 g/mol. The van der Waals surface area contributed by atoms with E-state index in [1.54, 1.807) is 23.1 Å². The molecule has 20 heavy (non-hydrogen) atoms. The summed E-state index contributed by atoms with van der Waals surface area (Å²) in [5.41, 5.74) is 2.12. The quantitative estimate of drug-likeness (QED) is 0.875. The maximum atomic E-state index is 9.96. The van der Waals surface area contributed by atoms with Gasteiger partial charge in [0.05, 0.1) is 30.1 Å². The van der Waals surface area contributed by atoms with Crippen LogP contribution in [0, 0.1) is 18.3 Å². The Morgan fingerprint density at radius 3 is 3.05 bits per heavy atom.